The largest absolute Gasteiger partial charge is 0.507 e. The lowest BCUT2D eigenvalue weighted by Gasteiger charge is -2.07. The van der Waals surface area contributed by atoms with Gasteiger partial charge in [0.25, 0.3) is 5.91 Å². The monoisotopic (exact) mass is 362 g/mol. The molecule has 0 unspecified atom stereocenters. The van der Waals surface area contributed by atoms with Crippen LogP contribution in [0.1, 0.15) is 15.9 Å². The van der Waals surface area contributed by atoms with Crippen LogP contribution in [0.4, 0.5) is 0 Å². The van der Waals surface area contributed by atoms with E-state index in [9.17, 15) is 15.0 Å². The molecular formula is C21H18N2O4. The zero-order valence-electron chi connectivity index (χ0n) is 14.6. The highest BCUT2D eigenvalue weighted by Crippen LogP contribution is 2.27. The summed E-state index contributed by atoms with van der Waals surface area (Å²) in [6.07, 6.45) is 1.34. The molecule has 0 aliphatic rings. The summed E-state index contributed by atoms with van der Waals surface area (Å²) in [6, 6.07) is 18.8. The minimum Gasteiger partial charge on any atom is -0.507 e. The van der Waals surface area contributed by atoms with E-state index in [0.717, 1.165) is 16.9 Å². The Morgan fingerprint density at radius 3 is 2.52 bits per heavy atom. The van der Waals surface area contributed by atoms with Gasteiger partial charge in [0.05, 0.1) is 18.9 Å². The number of hydrazone groups is 1. The normalized spacial score (nSPS) is 10.7. The molecule has 0 atom stereocenters. The van der Waals surface area contributed by atoms with Crippen molar-refractivity contribution in [1.29, 1.82) is 0 Å². The maximum Gasteiger partial charge on any atom is 0.275 e. The van der Waals surface area contributed by atoms with E-state index in [1.165, 1.54) is 18.3 Å². The van der Waals surface area contributed by atoms with Crippen LogP contribution in [0.3, 0.4) is 0 Å². The van der Waals surface area contributed by atoms with E-state index in [0.29, 0.717) is 5.56 Å². The first kappa shape index (κ1) is 18.0. The molecule has 0 aliphatic carbocycles. The Morgan fingerprint density at radius 1 is 0.963 bits per heavy atom. The van der Waals surface area contributed by atoms with Gasteiger partial charge in [-0.05, 0) is 47.5 Å². The Balaban J connectivity index is 1.79. The zero-order valence-corrected chi connectivity index (χ0v) is 14.6. The zero-order chi connectivity index (χ0) is 19.2. The number of methoxy groups -OCH3 is 1. The summed E-state index contributed by atoms with van der Waals surface area (Å²) in [5, 5.41) is 23.6. The molecule has 0 saturated carbocycles. The molecule has 0 saturated heterocycles. The summed E-state index contributed by atoms with van der Waals surface area (Å²) < 4.78 is 5.23. The molecule has 3 rings (SSSR count). The van der Waals surface area contributed by atoms with Crippen LogP contribution < -0.4 is 10.2 Å². The molecule has 0 spiro atoms. The van der Waals surface area contributed by atoms with E-state index in [4.69, 9.17) is 4.74 Å². The van der Waals surface area contributed by atoms with Gasteiger partial charge in [0.1, 0.15) is 17.2 Å². The molecule has 0 aromatic heterocycles. The lowest BCUT2D eigenvalue weighted by molar-refractivity contribution is 0.0952. The number of amides is 1. The number of phenolic OH excluding ortho intramolecular Hbond substituents is 2. The second kappa shape index (κ2) is 8.05. The fourth-order valence-corrected chi connectivity index (χ4v) is 2.53. The quantitative estimate of drug-likeness (QED) is 0.478. The summed E-state index contributed by atoms with van der Waals surface area (Å²) in [5.74, 6) is 0.0776. The van der Waals surface area contributed by atoms with E-state index < -0.39 is 5.91 Å². The van der Waals surface area contributed by atoms with Crippen molar-refractivity contribution in [2.75, 3.05) is 7.11 Å². The van der Waals surface area contributed by atoms with Crippen molar-refractivity contribution in [3.63, 3.8) is 0 Å². The van der Waals surface area contributed by atoms with Gasteiger partial charge >= 0.3 is 0 Å². The number of para-hydroxylation sites is 1. The minimum absolute atomic E-state index is 0.0298. The number of nitrogens with one attached hydrogen (secondary N) is 1. The fourth-order valence-electron chi connectivity index (χ4n) is 2.53. The first-order valence-electron chi connectivity index (χ1n) is 8.17. The fraction of sp³-hybridized carbons (Fsp3) is 0.0476. The van der Waals surface area contributed by atoms with Gasteiger partial charge < -0.3 is 14.9 Å². The van der Waals surface area contributed by atoms with E-state index in [2.05, 4.69) is 10.5 Å². The van der Waals surface area contributed by atoms with Crippen molar-refractivity contribution in [2.24, 2.45) is 5.10 Å². The van der Waals surface area contributed by atoms with Gasteiger partial charge in [-0.2, -0.15) is 5.10 Å². The highest BCUT2D eigenvalue weighted by atomic mass is 16.5. The van der Waals surface area contributed by atoms with Crippen molar-refractivity contribution in [3.8, 4) is 28.4 Å². The van der Waals surface area contributed by atoms with Gasteiger partial charge in [0, 0.05) is 5.56 Å². The van der Waals surface area contributed by atoms with Crippen molar-refractivity contribution < 1.29 is 19.7 Å². The van der Waals surface area contributed by atoms with Crippen LogP contribution in [0.25, 0.3) is 11.1 Å². The third-order valence-corrected chi connectivity index (χ3v) is 3.95. The number of rotatable bonds is 5. The molecule has 3 N–H and O–H groups in total. The number of nitrogens with zero attached hydrogens (tertiary/aromatic N) is 1. The van der Waals surface area contributed by atoms with E-state index in [-0.39, 0.29) is 17.1 Å². The molecule has 0 bridgehead atoms. The molecule has 6 heteroatoms. The molecule has 1 amide bonds. The number of aromatic hydroxyl groups is 2. The summed E-state index contributed by atoms with van der Waals surface area (Å²) in [4.78, 5) is 12.0. The van der Waals surface area contributed by atoms with Crippen LogP contribution in [0.2, 0.25) is 0 Å². The van der Waals surface area contributed by atoms with E-state index >= 15 is 0 Å². The van der Waals surface area contributed by atoms with Gasteiger partial charge in [-0.3, -0.25) is 4.79 Å². The van der Waals surface area contributed by atoms with Crippen molar-refractivity contribution in [2.45, 2.75) is 0 Å². The van der Waals surface area contributed by atoms with Crippen LogP contribution in [-0.4, -0.2) is 29.4 Å². The third-order valence-electron chi connectivity index (χ3n) is 3.95. The van der Waals surface area contributed by atoms with Gasteiger partial charge in [0.2, 0.25) is 0 Å². The predicted octanol–water partition coefficient (Wildman–Crippen LogP) is 3.54. The SMILES string of the molecule is COc1cccc(-c2ccc(O)c(/C=N/NC(=O)c3ccccc3O)c2)c1. The summed E-state index contributed by atoms with van der Waals surface area (Å²) >= 11 is 0. The molecule has 0 radical (unpaired) electrons. The van der Waals surface area contributed by atoms with Gasteiger partial charge in [-0.15, -0.1) is 0 Å². The van der Waals surface area contributed by atoms with Crippen molar-refractivity contribution >= 4 is 12.1 Å². The van der Waals surface area contributed by atoms with Crippen LogP contribution in [-0.2, 0) is 0 Å². The molecule has 0 aliphatic heterocycles. The third kappa shape index (κ3) is 4.24. The Bertz CT molecular complexity index is 999. The van der Waals surface area contributed by atoms with Gasteiger partial charge in [-0.25, -0.2) is 5.43 Å². The predicted molar refractivity (Wildman–Crippen MR) is 103 cm³/mol. The van der Waals surface area contributed by atoms with Gasteiger partial charge in [0.15, 0.2) is 0 Å². The Morgan fingerprint density at radius 2 is 1.74 bits per heavy atom. The molecule has 6 nitrogen and oxygen atoms in total. The van der Waals surface area contributed by atoms with Crippen LogP contribution in [0.5, 0.6) is 17.2 Å². The molecule has 3 aromatic carbocycles. The van der Waals surface area contributed by atoms with Crippen LogP contribution in [0.15, 0.2) is 71.8 Å². The maximum absolute atomic E-state index is 12.0. The number of ether oxygens (including phenoxy) is 1. The maximum atomic E-state index is 12.0. The molecule has 27 heavy (non-hydrogen) atoms. The van der Waals surface area contributed by atoms with Crippen LogP contribution >= 0.6 is 0 Å². The smallest absolute Gasteiger partial charge is 0.275 e. The average molecular weight is 362 g/mol. The molecule has 0 heterocycles. The number of carbonyl (C=O) groups excluding carboxylic acids is 1. The summed E-state index contributed by atoms with van der Waals surface area (Å²) in [7, 11) is 1.60. The van der Waals surface area contributed by atoms with E-state index in [1.807, 2.05) is 24.3 Å². The number of hydrogen-bond donors (Lipinski definition) is 3. The molecule has 3 aromatic rings. The van der Waals surface area contributed by atoms with E-state index in [1.54, 1.807) is 37.4 Å². The summed E-state index contributed by atoms with van der Waals surface area (Å²) in [5.41, 5.74) is 4.67. The Kier molecular flexibility index (Phi) is 5.37. The lowest BCUT2D eigenvalue weighted by atomic mass is 10.0. The highest BCUT2D eigenvalue weighted by Gasteiger charge is 2.09. The molecule has 136 valence electrons. The average Bonchev–Trinajstić information content (AvgIpc) is 2.69. The van der Waals surface area contributed by atoms with Crippen LogP contribution in [0, 0.1) is 0 Å². The number of phenols is 2. The number of carbonyl (C=O) groups is 1. The van der Waals surface area contributed by atoms with Crippen molar-refractivity contribution in [3.05, 3.63) is 77.9 Å². The second-order valence-corrected chi connectivity index (χ2v) is 5.72. The molecular weight excluding hydrogens is 344 g/mol. The van der Waals surface area contributed by atoms with Crippen molar-refractivity contribution in [1.82, 2.24) is 5.43 Å². The first-order chi connectivity index (χ1) is 13.1. The number of benzene rings is 3. The topological polar surface area (TPSA) is 91.2 Å². The minimum atomic E-state index is -0.548. The first-order valence-corrected chi connectivity index (χ1v) is 8.17. The second-order valence-electron chi connectivity index (χ2n) is 5.72. The highest BCUT2D eigenvalue weighted by molar-refractivity contribution is 5.97. The number of hydrogen-bond acceptors (Lipinski definition) is 5. The standard InChI is InChI=1S/C21H18N2O4/c1-27-17-6-4-5-14(12-17)15-9-10-19(24)16(11-15)13-22-23-21(26)18-7-2-3-8-20(18)25/h2-13,24-25H,1H3,(H,23,26)/b22-13+. The van der Waals surface area contributed by atoms with Gasteiger partial charge in [-0.1, -0.05) is 30.3 Å². The summed E-state index contributed by atoms with van der Waals surface area (Å²) in [6.45, 7) is 0. The molecule has 0 fully saturated rings. The Hall–Kier alpha value is -3.80. The lowest BCUT2D eigenvalue weighted by Crippen LogP contribution is -2.17. The Labute approximate surface area is 156 Å².